The standard InChI is InChI=1S/C19H26N4OS/c1-14(17-8-5-11-25-17)13-23-19(21-3)22-10-9-15-6-4-7-16(12-15)18(24)20-2/h4-8,11-12,14H,9-10,13H2,1-3H3,(H,20,24)(H2,21,22,23). The fraction of sp³-hybridized carbons (Fsp3) is 0.368. The van der Waals surface area contributed by atoms with Crippen molar-refractivity contribution in [2.24, 2.45) is 4.99 Å². The summed E-state index contributed by atoms with van der Waals surface area (Å²) in [5.74, 6) is 1.18. The van der Waals surface area contributed by atoms with Gasteiger partial charge in [-0.1, -0.05) is 25.1 Å². The van der Waals surface area contributed by atoms with Crippen molar-refractivity contribution in [3.8, 4) is 0 Å². The Labute approximate surface area is 153 Å². The molecule has 6 heteroatoms. The molecule has 0 saturated heterocycles. The molecular weight excluding hydrogens is 332 g/mol. The highest BCUT2D eigenvalue weighted by Crippen LogP contribution is 2.19. The Morgan fingerprint density at radius 3 is 2.76 bits per heavy atom. The minimum absolute atomic E-state index is 0.0603. The summed E-state index contributed by atoms with van der Waals surface area (Å²) in [7, 11) is 3.42. The van der Waals surface area contributed by atoms with Crippen LogP contribution in [0.25, 0.3) is 0 Å². The molecule has 1 atom stereocenters. The quantitative estimate of drug-likeness (QED) is 0.527. The van der Waals surface area contributed by atoms with Crippen molar-refractivity contribution in [2.45, 2.75) is 19.3 Å². The van der Waals surface area contributed by atoms with Gasteiger partial charge in [0.15, 0.2) is 5.96 Å². The van der Waals surface area contributed by atoms with Crippen LogP contribution in [-0.2, 0) is 6.42 Å². The molecule has 0 aliphatic carbocycles. The summed E-state index contributed by atoms with van der Waals surface area (Å²) in [6, 6.07) is 11.9. The number of benzene rings is 1. The van der Waals surface area contributed by atoms with Crippen LogP contribution in [0.3, 0.4) is 0 Å². The summed E-state index contributed by atoms with van der Waals surface area (Å²) < 4.78 is 0. The Bertz CT molecular complexity index is 697. The van der Waals surface area contributed by atoms with Crippen LogP contribution in [0, 0.1) is 0 Å². The number of guanidine groups is 1. The Kier molecular flexibility index (Phi) is 7.47. The smallest absolute Gasteiger partial charge is 0.251 e. The molecule has 1 amide bonds. The van der Waals surface area contributed by atoms with Gasteiger partial charge in [-0.25, -0.2) is 0 Å². The Balaban J connectivity index is 1.78. The summed E-state index contributed by atoms with van der Waals surface area (Å²) in [4.78, 5) is 17.3. The minimum atomic E-state index is -0.0603. The van der Waals surface area contributed by atoms with Crippen molar-refractivity contribution >= 4 is 23.2 Å². The lowest BCUT2D eigenvalue weighted by Gasteiger charge is -2.15. The van der Waals surface area contributed by atoms with E-state index in [0.717, 1.165) is 31.0 Å². The molecule has 0 fully saturated rings. The molecular formula is C19H26N4OS. The van der Waals surface area contributed by atoms with E-state index in [1.54, 1.807) is 25.4 Å². The number of aliphatic imine (C=N–C) groups is 1. The topological polar surface area (TPSA) is 65.5 Å². The monoisotopic (exact) mass is 358 g/mol. The molecule has 0 bridgehead atoms. The lowest BCUT2D eigenvalue weighted by Crippen LogP contribution is -2.39. The van der Waals surface area contributed by atoms with Crippen molar-refractivity contribution in [3.05, 3.63) is 57.8 Å². The molecule has 0 saturated carbocycles. The van der Waals surface area contributed by atoms with Crippen LogP contribution in [0.4, 0.5) is 0 Å². The molecule has 0 aliphatic heterocycles. The van der Waals surface area contributed by atoms with E-state index in [4.69, 9.17) is 0 Å². The van der Waals surface area contributed by atoms with E-state index in [2.05, 4.69) is 45.4 Å². The second-order valence-corrected chi connectivity index (χ2v) is 6.81. The van der Waals surface area contributed by atoms with Crippen LogP contribution in [0.1, 0.15) is 33.6 Å². The van der Waals surface area contributed by atoms with Gasteiger partial charge in [0.05, 0.1) is 0 Å². The zero-order chi connectivity index (χ0) is 18.1. The van der Waals surface area contributed by atoms with Gasteiger partial charge < -0.3 is 16.0 Å². The molecule has 1 heterocycles. The number of hydrogen-bond acceptors (Lipinski definition) is 3. The van der Waals surface area contributed by atoms with Gasteiger partial charge in [0.2, 0.25) is 0 Å². The molecule has 1 unspecified atom stereocenters. The number of nitrogens with one attached hydrogen (secondary N) is 3. The van der Waals surface area contributed by atoms with Crippen molar-refractivity contribution in [1.29, 1.82) is 0 Å². The second-order valence-electron chi connectivity index (χ2n) is 5.83. The molecule has 0 aliphatic rings. The second kappa shape index (κ2) is 9.84. The number of nitrogens with zero attached hydrogens (tertiary/aromatic N) is 1. The van der Waals surface area contributed by atoms with Crippen molar-refractivity contribution in [1.82, 2.24) is 16.0 Å². The summed E-state index contributed by atoms with van der Waals surface area (Å²) in [5.41, 5.74) is 1.81. The van der Waals surface area contributed by atoms with E-state index in [1.165, 1.54) is 4.88 Å². The fourth-order valence-corrected chi connectivity index (χ4v) is 3.27. The summed E-state index contributed by atoms with van der Waals surface area (Å²) in [6.45, 7) is 3.80. The molecule has 2 rings (SSSR count). The van der Waals surface area contributed by atoms with E-state index in [9.17, 15) is 4.79 Å². The molecule has 134 valence electrons. The van der Waals surface area contributed by atoms with Gasteiger partial charge >= 0.3 is 0 Å². The van der Waals surface area contributed by atoms with E-state index in [0.29, 0.717) is 11.5 Å². The third-order valence-corrected chi connectivity index (χ3v) is 5.05. The number of rotatable bonds is 7. The average Bonchev–Trinajstić information content (AvgIpc) is 3.18. The maximum Gasteiger partial charge on any atom is 0.251 e. The lowest BCUT2D eigenvalue weighted by molar-refractivity contribution is 0.0963. The Hall–Kier alpha value is -2.34. The summed E-state index contributed by atoms with van der Waals surface area (Å²) >= 11 is 1.78. The number of hydrogen-bond donors (Lipinski definition) is 3. The predicted octanol–water partition coefficient (Wildman–Crippen LogP) is 2.62. The first-order valence-corrected chi connectivity index (χ1v) is 9.31. The average molecular weight is 359 g/mol. The normalized spacial score (nSPS) is 12.5. The van der Waals surface area contributed by atoms with Crippen LogP contribution in [0.5, 0.6) is 0 Å². The number of carbonyl (C=O) groups excluding carboxylic acids is 1. The van der Waals surface area contributed by atoms with E-state index >= 15 is 0 Å². The van der Waals surface area contributed by atoms with E-state index < -0.39 is 0 Å². The van der Waals surface area contributed by atoms with Crippen LogP contribution in [0.15, 0.2) is 46.8 Å². The SMILES string of the molecule is CN=C(NCCc1cccc(C(=O)NC)c1)NCC(C)c1cccs1. The van der Waals surface area contributed by atoms with Crippen LogP contribution < -0.4 is 16.0 Å². The van der Waals surface area contributed by atoms with Crippen molar-refractivity contribution < 1.29 is 4.79 Å². The zero-order valence-electron chi connectivity index (χ0n) is 15.0. The zero-order valence-corrected chi connectivity index (χ0v) is 15.8. The number of thiophene rings is 1. The van der Waals surface area contributed by atoms with Crippen molar-refractivity contribution in [2.75, 3.05) is 27.2 Å². The highest BCUT2D eigenvalue weighted by Gasteiger charge is 2.08. The summed E-state index contributed by atoms with van der Waals surface area (Å²) in [5, 5.41) is 11.4. The van der Waals surface area contributed by atoms with Gasteiger partial charge in [0.25, 0.3) is 5.91 Å². The maximum absolute atomic E-state index is 11.7. The molecule has 25 heavy (non-hydrogen) atoms. The number of carbonyl (C=O) groups is 1. The van der Waals surface area contributed by atoms with Gasteiger partial charge in [-0.2, -0.15) is 0 Å². The maximum atomic E-state index is 11.7. The van der Waals surface area contributed by atoms with Crippen LogP contribution >= 0.6 is 11.3 Å². The van der Waals surface area contributed by atoms with Gasteiger partial charge in [0, 0.05) is 43.5 Å². The molecule has 2 aromatic rings. The first-order valence-electron chi connectivity index (χ1n) is 8.43. The minimum Gasteiger partial charge on any atom is -0.356 e. The molecule has 5 nitrogen and oxygen atoms in total. The van der Waals surface area contributed by atoms with E-state index in [1.807, 2.05) is 24.3 Å². The summed E-state index contributed by atoms with van der Waals surface area (Å²) in [6.07, 6.45) is 0.825. The highest BCUT2D eigenvalue weighted by atomic mass is 32.1. The van der Waals surface area contributed by atoms with Gasteiger partial charge in [-0.05, 0) is 35.6 Å². The molecule has 3 N–H and O–H groups in total. The molecule has 0 radical (unpaired) electrons. The first kappa shape index (κ1) is 19.0. The predicted molar refractivity (Wildman–Crippen MR) is 106 cm³/mol. The third-order valence-electron chi connectivity index (χ3n) is 3.95. The lowest BCUT2D eigenvalue weighted by atomic mass is 10.1. The van der Waals surface area contributed by atoms with E-state index in [-0.39, 0.29) is 5.91 Å². The Morgan fingerprint density at radius 1 is 1.24 bits per heavy atom. The highest BCUT2D eigenvalue weighted by molar-refractivity contribution is 7.10. The largest absolute Gasteiger partial charge is 0.356 e. The van der Waals surface area contributed by atoms with Gasteiger partial charge in [-0.15, -0.1) is 11.3 Å². The fourth-order valence-electron chi connectivity index (χ4n) is 2.48. The molecule has 1 aromatic carbocycles. The van der Waals surface area contributed by atoms with Crippen molar-refractivity contribution in [3.63, 3.8) is 0 Å². The van der Waals surface area contributed by atoms with Crippen LogP contribution in [0.2, 0.25) is 0 Å². The first-order chi connectivity index (χ1) is 12.1. The molecule has 0 spiro atoms. The molecule has 1 aromatic heterocycles. The van der Waals surface area contributed by atoms with Gasteiger partial charge in [0.1, 0.15) is 0 Å². The number of amides is 1. The third kappa shape index (κ3) is 5.90. The van der Waals surface area contributed by atoms with Gasteiger partial charge in [-0.3, -0.25) is 9.79 Å². The van der Waals surface area contributed by atoms with Crippen LogP contribution in [-0.4, -0.2) is 39.1 Å². The Morgan fingerprint density at radius 2 is 2.08 bits per heavy atom.